The molecule has 0 aliphatic carbocycles. The summed E-state index contributed by atoms with van der Waals surface area (Å²) in [5.41, 5.74) is 2.91. The van der Waals surface area contributed by atoms with Crippen molar-refractivity contribution in [2.24, 2.45) is 0 Å². The van der Waals surface area contributed by atoms with Gasteiger partial charge in [-0.3, -0.25) is 4.79 Å². The van der Waals surface area contributed by atoms with Crippen LogP contribution in [-0.2, 0) is 11.4 Å². The summed E-state index contributed by atoms with van der Waals surface area (Å²) in [6.07, 6.45) is 6.45. The molecule has 2 aromatic carbocycles. The lowest BCUT2D eigenvalue weighted by molar-refractivity contribution is -0.116. The highest BCUT2D eigenvalue weighted by Gasteiger charge is 2.16. The van der Waals surface area contributed by atoms with Gasteiger partial charge in [-0.2, -0.15) is 0 Å². The number of hydrogen-bond acceptors (Lipinski definition) is 4. The summed E-state index contributed by atoms with van der Waals surface area (Å²) >= 11 is 6.01. The topological polar surface area (TPSA) is 71.5 Å². The van der Waals surface area contributed by atoms with Gasteiger partial charge in [0.1, 0.15) is 12.4 Å². The highest BCUT2D eigenvalue weighted by molar-refractivity contribution is 6.30. The van der Waals surface area contributed by atoms with Gasteiger partial charge in [0.15, 0.2) is 0 Å². The molecule has 6 heteroatoms. The molecule has 1 heterocycles. The SMILES string of the molecule is CC=c1ccc(COc2ccc(C(=Cc3ccc(Cl)cc3)C(=O)NC(CC)CO)cc2)nc1=CC. The van der Waals surface area contributed by atoms with E-state index in [1.54, 1.807) is 12.1 Å². The Kier molecular flexibility index (Phi) is 9.65. The molecule has 35 heavy (non-hydrogen) atoms. The molecule has 0 saturated heterocycles. The number of rotatable bonds is 9. The fourth-order valence-electron chi connectivity index (χ4n) is 3.52. The number of aromatic nitrogens is 1. The lowest BCUT2D eigenvalue weighted by Crippen LogP contribution is -2.37. The van der Waals surface area contributed by atoms with Gasteiger partial charge in [0, 0.05) is 10.6 Å². The molecule has 0 fully saturated rings. The second-order valence-electron chi connectivity index (χ2n) is 8.04. The lowest BCUT2D eigenvalue weighted by Gasteiger charge is -2.16. The third kappa shape index (κ3) is 7.28. The Morgan fingerprint density at radius 3 is 2.37 bits per heavy atom. The molecule has 0 aliphatic heterocycles. The van der Waals surface area contributed by atoms with E-state index in [0.29, 0.717) is 29.4 Å². The number of amides is 1. The van der Waals surface area contributed by atoms with Crippen LogP contribution >= 0.6 is 11.6 Å². The maximum atomic E-state index is 13.1. The van der Waals surface area contributed by atoms with Gasteiger partial charge < -0.3 is 15.2 Å². The largest absolute Gasteiger partial charge is 0.487 e. The molecule has 1 atom stereocenters. The summed E-state index contributed by atoms with van der Waals surface area (Å²) in [5.74, 6) is 0.423. The first-order valence-corrected chi connectivity index (χ1v) is 12.1. The molecule has 5 nitrogen and oxygen atoms in total. The molecule has 1 amide bonds. The number of pyridine rings is 1. The van der Waals surface area contributed by atoms with E-state index in [0.717, 1.165) is 27.4 Å². The molecule has 0 radical (unpaired) electrons. The van der Waals surface area contributed by atoms with Crippen molar-refractivity contribution >= 4 is 41.3 Å². The van der Waals surface area contributed by atoms with Crippen LogP contribution in [-0.4, -0.2) is 28.6 Å². The van der Waals surface area contributed by atoms with Gasteiger partial charge in [-0.05, 0) is 73.0 Å². The molecular weight excluding hydrogens is 460 g/mol. The standard InChI is InChI=1S/C29H31ClN2O3/c1-4-21-9-14-25(31-28(21)6-3)19-35-26-15-10-22(11-16-26)27(29(34)32-24(5-2)18-33)17-20-7-12-23(30)13-8-20/h4,6-17,24,33H,5,18-19H2,1-3H3,(H,32,34). The molecule has 1 unspecified atom stereocenters. The van der Waals surface area contributed by atoms with Gasteiger partial charge in [-0.1, -0.05) is 61.0 Å². The first-order chi connectivity index (χ1) is 17.0. The fourth-order valence-corrected chi connectivity index (χ4v) is 3.64. The van der Waals surface area contributed by atoms with Crippen LogP contribution in [0.1, 0.15) is 44.0 Å². The Morgan fingerprint density at radius 2 is 1.77 bits per heavy atom. The summed E-state index contributed by atoms with van der Waals surface area (Å²) in [5, 5.41) is 15.1. The van der Waals surface area contributed by atoms with Gasteiger partial charge in [0.2, 0.25) is 0 Å². The van der Waals surface area contributed by atoms with Crippen LogP contribution in [0, 0.1) is 0 Å². The number of ether oxygens (including phenoxy) is 1. The van der Waals surface area contributed by atoms with E-state index in [2.05, 4.69) is 10.3 Å². The molecule has 0 saturated carbocycles. The van der Waals surface area contributed by atoms with Gasteiger partial charge in [0.05, 0.1) is 23.7 Å². The maximum Gasteiger partial charge on any atom is 0.252 e. The van der Waals surface area contributed by atoms with E-state index in [1.807, 2.05) is 87.5 Å². The molecule has 3 aromatic rings. The van der Waals surface area contributed by atoms with E-state index < -0.39 is 0 Å². The number of nitrogens with one attached hydrogen (secondary N) is 1. The van der Waals surface area contributed by atoms with Crippen LogP contribution < -0.4 is 20.6 Å². The Balaban J connectivity index is 1.82. The van der Waals surface area contributed by atoms with Gasteiger partial charge >= 0.3 is 0 Å². The predicted molar refractivity (Wildman–Crippen MR) is 143 cm³/mol. The summed E-state index contributed by atoms with van der Waals surface area (Å²) in [6.45, 7) is 6.09. The summed E-state index contributed by atoms with van der Waals surface area (Å²) < 4.78 is 5.94. The van der Waals surface area contributed by atoms with E-state index in [-0.39, 0.29) is 18.6 Å². The number of benzene rings is 2. The fraction of sp³-hybridized carbons (Fsp3) is 0.241. The van der Waals surface area contributed by atoms with Crippen molar-refractivity contribution in [1.29, 1.82) is 0 Å². The van der Waals surface area contributed by atoms with Crippen molar-refractivity contribution in [2.45, 2.75) is 39.8 Å². The van der Waals surface area contributed by atoms with Crippen LogP contribution in [0.25, 0.3) is 23.8 Å². The summed E-state index contributed by atoms with van der Waals surface area (Å²) in [7, 11) is 0. The second kappa shape index (κ2) is 12.9. The number of carbonyl (C=O) groups is 1. The number of carbonyl (C=O) groups excluding carboxylic acids is 1. The quantitative estimate of drug-likeness (QED) is 0.345. The van der Waals surface area contributed by atoms with Crippen molar-refractivity contribution in [3.8, 4) is 5.75 Å². The Labute approximate surface area is 211 Å². The van der Waals surface area contributed by atoms with Crippen LogP contribution in [0.2, 0.25) is 5.02 Å². The van der Waals surface area contributed by atoms with E-state index in [4.69, 9.17) is 16.3 Å². The number of hydrogen-bond donors (Lipinski definition) is 2. The molecule has 0 bridgehead atoms. The van der Waals surface area contributed by atoms with E-state index >= 15 is 0 Å². The maximum absolute atomic E-state index is 13.1. The van der Waals surface area contributed by atoms with Crippen LogP contribution in [0.5, 0.6) is 5.75 Å². The summed E-state index contributed by atoms with van der Waals surface area (Å²) in [6, 6.07) is 18.3. The highest BCUT2D eigenvalue weighted by atomic mass is 35.5. The van der Waals surface area contributed by atoms with Crippen LogP contribution in [0.15, 0.2) is 60.7 Å². The van der Waals surface area contributed by atoms with E-state index in [1.165, 1.54) is 0 Å². The second-order valence-corrected chi connectivity index (χ2v) is 8.47. The minimum absolute atomic E-state index is 0.119. The lowest BCUT2D eigenvalue weighted by atomic mass is 10.0. The minimum atomic E-state index is -0.312. The molecule has 182 valence electrons. The zero-order chi connectivity index (χ0) is 25.2. The number of nitrogens with zero attached hydrogens (tertiary/aromatic N) is 1. The van der Waals surface area contributed by atoms with Crippen LogP contribution in [0.4, 0.5) is 0 Å². The van der Waals surface area contributed by atoms with Crippen LogP contribution in [0.3, 0.4) is 0 Å². The molecular formula is C29H31ClN2O3. The average Bonchev–Trinajstić information content (AvgIpc) is 2.90. The van der Waals surface area contributed by atoms with Gasteiger partial charge in [0.25, 0.3) is 5.91 Å². The summed E-state index contributed by atoms with van der Waals surface area (Å²) in [4.78, 5) is 17.7. The number of aliphatic hydroxyl groups is 1. The number of aliphatic hydroxyl groups excluding tert-OH is 1. The van der Waals surface area contributed by atoms with E-state index in [9.17, 15) is 9.90 Å². The smallest absolute Gasteiger partial charge is 0.252 e. The Bertz CT molecular complexity index is 1280. The molecule has 0 spiro atoms. The van der Waals surface area contributed by atoms with Crippen molar-refractivity contribution < 1.29 is 14.6 Å². The van der Waals surface area contributed by atoms with Gasteiger partial charge in [-0.15, -0.1) is 0 Å². The van der Waals surface area contributed by atoms with Crippen molar-refractivity contribution in [3.63, 3.8) is 0 Å². The normalized spacial score (nSPS) is 13.6. The average molecular weight is 491 g/mol. The van der Waals surface area contributed by atoms with Crippen molar-refractivity contribution in [1.82, 2.24) is 10.3 Å². The zero-order valence-corrected chi connectivity index (χ0v) is 21.0. The predicted octanol–water partition coefficient (Wildman–Crippen LogP) is 4.34. The highest BCUT2D eigenvalue weighted by Crippen LogP contribution is 2.23. The molecule has 2 N–H and O–H groups in total. The number of halogens is 1. The first-order valence-electron chi connectivity index (χ1n) is 11.7. The monoisotopic (exact) mass is 490 g/mol. The zero-order valence-electron chi connectivity index (χ0n) is 20.3. The Hall–Kier alpha value is -3.41. The molecule has 0 aliphatic rings. The minimum Gasteiger partial charge on any atom is -0.487 e. The molecule has 1 aromatic heterocycles. The Morgan fingerprint density at radius 1 is 1.06 bits per heavy atom. The molecule has 3 rings (SSSR count). The van der Waals surface area contributed by atoms with Crippen molar-refractivity contribution in [2.75, 3.05) is 6.61 Å². The third-order valence-corrected chi connectivity index (χ3v) is 5.88. The third-order valence-electron chi connectivity index (χ3n) is 5.63. The van der Waals surface area contributed by atoms with Gasteiger partial charge in [-0.25, -0.2) is 4.98 Å². The first kappa shape index (κ1) is 26.2. The van der Waals surface area contributed by atoms with Crippen molar-refractivity contribution in [3.05, 3.63) is 93.1 Å².